The van der Waals surface area contributed by atoms with Crippen LogP contribution in [-0.2, 0) is 11.0 Å². The minimum Gasteiger partial charge on any atom is -0.473 e. The molecule has 0 radical (unpaired) electrons. The molecule has 2 aliphatic rings. The summed E-state index contributed by atoms with van der Waals surface area (Å²) in [6.07, 6.45) is 2.37. The first-order valence-corrected chi connectivity index (χ1v) is 11.4. The first-order valence-electron chi connectivity index (χ1n) is 11.4. The van der Waals surface area contributed by atoms with Gasteiger partial charge in [-0.1, -0.05) is 12.1 Å². The Morgan fingerprint density at radius 2 is 1.69 bits per heavy atom. The smallest absolute Gasteiger partial charge is 0.416 e. The van der Waals surface area contributed by atoms with Crippen LogP contribution < -0.4 is 4.74 Å². The first-order chi connectivity index (χ1) is 16.8. The van der Waals surface area contributed by atoms with Crippen molar-refractivity contribution in [2.75, 3.05) is 13.1 Å². The molecule has 6 nitrogen and oxygen atoms in total. The summed E-state index contributed by atoms with van der Waals surface area (Å²) in [4.78, 5) is 26.8. The summed E-state index contributed by atoms with van der Waals surface area (Å²) in [6, 6.07) is 5.89. The molecule has 0 N–H and O–H groups in total. The summed E-state index contributed by atoms with van der Waals surface area (Å²) in [7, 11) is 0. The number of aromatic nitrogens is 3. The molecule has 3 aromatic rings. The fourth-order valence-corrected chi connectivity index (χ4v) is 4.17. The molecular weight excluding hydrogens is 464 g/mol. The van der Waals surface area contributed by atoms with Crippen LogP contribution in [0.4, 0.5) is 17.6 Å². The second kappa shape index (κ2) is 9.24. The number of carbonyl (C=O) groups excluding carboxylic acids is 1. The standard InChI is InChI=1S/C25H22F4N4O2/c26-20-13-30-10-7-19(20)23-22(15-3-5-17(6-4-15)25(27,28)29)31-14-21(32-23)35-18-8-11-33(12-9-18)24(34)16-1-2-16/h3-7,10,13-14,16,18H,1-2,8-9,11-12H2. The summed E-state index contributed by atoms with van der Waals surface area (Å²) in [5.41, 5.74) is 0.0368. The van der Waals surface area contributed by atoms with Crippen molar-refractivity contribution in [1.29, 1.82) is 0 Å². The number of carbonyl (C=O) groups is 1. The molecule has 2 fully saturated rings. The lowest BCUT2D eigenvalue weighted by Gasteiger charge is -2.32. The fraction of sp³-hybridized carbons (Fsp3) is 0.360. The van der Waals surface area contributed by atoms with Crippen LogP contribution in [-0.4, -0.2) is 45.0 Å². The molecule has 0 spiro atoms. The van der Waals surface area contributed by atoms with Crippen molar-refractivity contribution in [2.45, 2.75) is 38.0 Å². The lowest BCUT2D eigenvalue weighted by atomic mass is 10.0. The number of amides is 1. The molecule has 2 aromatic heterocycles. The second-order valence-corrected chi connectivity index (χ2v) is 8.75. The van der Waals surface area contributed by atoms with Crippen LogP contribution in [0.3, 0.4) is 0 Å². The van der Waals surface area contributed by atoms with E-state index in [1.807, 2.05) is 4.90 Å². The van der Waals surface area contributed by atoms with Crippen molar-refractivity contribution in [3.05, 3.63) is 60.3 Å². The highest BCUT2D eigenvalue weighted by atomic mass is 19.4. The van der Waals surface area contributed by atoms with Gasteiger partial charge >= 0.3 is 6.18 Å². The Labute approximate surface area is 199 Å². The number of likely N-dealkylation sites (tertiary alicyclic amines) is 1. The lowest BCUT2D eigenvalue weighted by molar-refractivity contribution is -0.137. The van der Waals surface area contributed by atoms with Gasteiger partial charge in [0.05, 0.1) is 23.7 Å². The highest BCUT2D eigenvalue weighted by Gasteiger charge is 2.35. The summed E-state index contributed by atoms with van der Waals surface area (Å²) in [6.45, 7) is 1.20. The van der Waals surface area contributed by atoms with Crippen molar-refractivity contribution in [2.24, 2.45) is 5.92 Å². The molecule has 182 valence electrons. The lowest BCUT2D eigenvalue weighted by Crippen LogP contribution is -2.42. The molecular formula is C25H22F4N4O2. The van der Waals surface area contributed by atoms with Crippen molar-refractivity contribution in [1.82, 2.24) is 19.9 Å². The third-order valence-corrected chi connectivity index (χ3v) is 6.23. The van der Waals surface area contributed by atoms with E-state index in [0.29, 0.717) is 31.5 Å². The molecule has 0 atom stereocenters. The van der Waals surface area contributed by atoms with Gasteiger partial charge in [-0.2, -0.15) is 13.2 Å². The average molecular weight is 486 g/mol. The minimum atomic E-state index is -4.47. The number of alkyl halides is 3. The molecule has 0 unspecified atom stereocenters. The van der Waals surface area contributed by atoms with Crippen LogP contribution in [0.5, 0.6) is 5.88 Å². The Kier molecular flexibility index (Phi) is 6.12. The van der Waals surface area contributed by atoms with E-state index in [1.54, 1.807) is 0 Å². The van der Waals surface area contributed by atoms with Gasteiger partial charge in [-0.15, -0.1) is 0 Å². The number of pyridine rings is 1. The van der Waals surface area contributed by atoms with Crippen molar-refractivity contribution in [3.8, 4) is 28.4 Å². The van der Waals surface area contributed by atoms with E-state index in [9.17, 15) is 22.4 Å². The number of nitrogens with zero attached hydrogens (tertiary/aromatic N) is 4. The Morgan fingerprint density at radius 3 is 2.31 bits per heavy atom. The monoisotopic (exact) mass is 486 g/mol. The second-order valence-electron chi connectivity index (χ2n) is 8.75. The topological polar surface area (TPSA) is 68.2 Å². The number of hydrogen-bond acceptors (Lipinski definition) is 5. The highest BCUT2D eigenvalue weighted by molar-refractivity contribution is 5.81. The van der Waals surface area contributed by atoms with Gasteiger partial charge in [-0.25, -0.2) is 14.4 Å². The quantitative estimate of drug-likeness (QED) is 0.467. The number of ether oxygens (including phenoxy) is 1. The van der Waals surface area contributed by atoms with E-state index in [4.69, 9.17) is 4.74 Å². The Bertz CT molecular complexity index is 1220. The minimum absolute atomic E-state index is 0.109. The Balaban J connectivity index is 1.40. The highest BCUT2D eigenvalue weighted by Crippen LogP contribution is 2.35. The third-order valence-electron chi connectivity index (χ3n) is 6.23. The molecule has 1 saturated carbocycles. The van der Waals surface area contributed by atoms with Gasteiger partial charge in [0.25, 0.3) is 0 Å². The normalized spacial score (nSPS) is 16.9. The van der Waals surface area contributed by atoms with Gasteiger partial charge in [0.15, 0.2) is 5.82 Å². The number of rotatable bonds is 5. The van der Waals surface area contributed by atoms with E-state index < -0.39 is 17.6 Å². The molecule has 3 heterocycles. The summed E-state index contributed by atoms with van der Waals surface area (Å²) < 4.78 is 59.6. The molecule has 1 aliphatic heterocycles. The Hall–Kier alpha value is -3.56. The Morgan fingerprint density at radius 1 is 0.971 bits per heavy atom. The van der Waals surface area contributed by atoms with Crippen molar-refractivity contribution >= 4 is 5.91 Å². The van der Waals surface area contributed by atoms with Gasteiger partial charge in [0.1, 0.15) is 11.8 Å². The maximum atomic E-state index is 14.6. The van der Waals surface area contributed by atoms with Gasteiger partial charge in [0, 0.05) is 49.2 Å². The molecule has 1 saturated heterocycles. The molecule has 10 heteroatoms. The van der Waals surface area contributed by atoms with Gasteiger partial charge in [0.2, 0.25) is 11.8 Å². The van der Waals surface area contributed by atoms with Gasteiger partial charge < -0.3 is 9.64 Å². The van der Waals surface area contributed by atoms with Crippen LogP contribution in [0.15, 0.2) is 48.9 Å². The summed E-state index contributed by atoms with van der Waals surface area (Å²) in [5, 5.41) is 0. The van der Waals surface area contributed by atoms with Crippen molar-refractivity contribution < 1.29 is 27.1 Å². The maximum absolute atomic E-state index is 14.6. The van der Waals surface area contributed by atoms with E-state index in [2.05, 4.69) is 15.0 Å². The average Bonchev–Trinajstić information content (AvgIpc) is 3.70. The predicted octanol–water partition coefficient (Wildman–Crippen LogP) is 5.14. The molecule has 5 rings (SSSR count). The number of halogens is 4. The van der Waals surface area contributed by atoms with Gasteiger partial charge in [-0.3, -0.25) is 9.78 Å². The molecule has 1 aromatic carbocycles. The number of hydrogen-bond donors (Lipinski definition) is 0. The van der Waals surface area contributed by atoms with Crippen LogP contribution >= 0.6 is 0 Å². The third kappa shape index (κ3) is 5.11. The molecule has 1 aliphatic carbocycles. The van der Waals surface area contributed by atoms with Crippen LogP contribution in [0.2, 0.25) is 0 Å². The van der Waals surface area contributed by atoms with E-state index in [1.165, 1.54) is 30.6 Å². The molecule has 35 heavy (non-hydrogen) atoms. The fourth-order valence-electron chi connectivity index (χ4n) is 4.17. The number of piperidine rings is 1. The molecule has 0 bridgehead atoms. The zero-order valence-electron chi connectivity index (χ0n) is 18.6. The summed E-state index contributed by atoms with van der Waals surface area (Å²) >= 11 is 0. The summed E-state index contributed by atoms with van der Waals surface area (Å²) in [5.74, 6) is -0.0775. The van der Waals surface area contributed by atoms with E-state index >= 15 is 0 Å². The first kappa shape index (κ1) is 23.2. The zero-order chi connectivity index (χ0) is 24.6. The van der Waals surface area contributed by atoms with Crippen LogP contribution in [0.25, 0.3) is 22.5 Å². The van der Waals surface area contributed by atoms with Crippen molar-refractivity contribution in [3.63, 3.8) is 0 Å². The predicted molar refractivity (Wildman–Crippen MR) is 119 cm³/mol. The number of benzene rings is 1. The van der Waals surface area contributed by atoms with Crippen LogP contribution in [0.1, 0.15) is 31.2 Å². The maximum Gasteiger partial charge on any atom is 0.416 e. The van der Waals surface area contributed by atoms with Gasteiger partial charge in [-0.05, 0) is 31.0 Å². The van der Waals surface area contributed by atoms with E-state index in [0.717, 1.165) is 31.2 Å². The SMILES string of the molecule is O=C(C1CC1)N1CCC(Oc2cnc(-c3ccc(C(F)(F)F)cc3)c(-c3ccncc3F)n2)CC1. The van der Waals surface area contributed by atoms with E-state index in [-0.39, 0.29) is 40.8 Å². The zero-order valence-corrected chi connectivity index (χ0v) is 18.6. The molecule has 1 amide bonds. The van der Waals surface area contributed by atoms with Crippen LogP contribution in [0, 0.1) is 11.7 Å². The largest absolute Gasteiger partial charge is 0.473 e.